The van der Waals surface area contributed by atoms with Crippen molar-refractivity contribution >= 4 is 23.4 Å². The van der Waals surface area contributed by atoms with Crippen molar-refractivity contribution in [1.29, 1.82) is 0 Å². The summed E-state index contributed by atoms with van der Waals surface area (Å²) in [5.74, 6) is 0.702. The average Bonchev–Trinajstić information content (AvgIpc) is 2.22. The van der Waals surface area contributed by atoms with E-state index in [2.05, 4.69) is 11.6 Å². The van der Waals surface area contributed by atoms with E-state index in [0.29, 0.717) is 0 Å². The molecule has 0 aliphatic rings. The molecule has 1 atom stereocenters. The zero-order chi connectivity index (χ0) is 11.3. The summed E-state index contributed by atoms with van der Waals surface area (Å²) in [6.07, 6.45) is 2.06. The van der Waals surface area contributed by atoms with Gasteiger partial charge < -0.3 is 5.32 Å². The quantitative estimate of drug-likeness (QED) is 0.800. The van der Waals surface area contributed by atoms with E-state index in [1.807, 2.05) is 13.0 Å². The van der Waals surface area contributed by atoms with Crippen LogP contribution < -0.4 is 5.32 Å². The summed E-state index contributed by atoms with van der Waals surface area (Å²) in [6, 6.07) is 5.09. The van der Waals surface area contributed by atoms with Crippen LogP contribution in [0.1, 0.15) is 18.5 Å². The van der Waals surface area contributed by atoms with Crippen LogP contribution >= 0.6 is 23.4 Å². The van der Waals surface area contributed by atoms with Crippen LogP contribution in [0, 0.1) is 5.82 Å². The first-order valence-corrected chi connectivity index (χ1v) is 6.59. The second-order valence-corrected chi connectivity index (χ2v) is 4.73. The highest BCUT2D eigenvalue weighted by Gasteiger charge is 2.07. The average molecular weight is 248 g/mol. The SMILES string of the molecule is CSCCNC(C)c1ccc(Cl)c(F)c1. The Labute approximate surface area is 99.4 Å². The molecule has 0 saturated carbocycles. The van der Waals surface area contributed by atoms with Crippen molar-refractivity contribution < 1.29 is 4.39 Å². The number of rotatable bonds is 5. The predicted octanol–water partition coefficient (Wildman–Crippen LogP) is 3.49. The molecule has 0 aliphatic carbocycles. The molecule has 0 spiro atoms. The lowest BCUT2D eigenvalue weighted by Crippen LogP contribution is -2.21. The minimum Gasteiger partial charge on any atom is -0.309 e. The molecule has 0 aromatic heterocycles. The number of hydrogen-bond donors (Lipinski definition) is 1. The first-order valence-electron chi connectivity index (χ1n) is 4.82. The van der Waals surface area contributed by atoms with Crippen LogP contribution in [0.2, 0.25) is 5.02 Å². The van der Waals surface area contributed by atoms with Gasteiger partial charge in [0.05, 0.1) is 5.02 Å². The third-order valence-corrected chi connectivity index (χ3v) is 3.12. The molecule has 0 heterocycles. The van der Waals surface area contributed by atoms with E-state index in [4.69, 9.17) is 11.6 Å². The highest BCUT2D eigenvalue weighted by Crippen LogP contribution is 2.19. The number of nitrogens with one attached hydrogen (secondary N) is 1. The van der Waals surface area contributed by atoms with E-state index in [-0.39, 0.29) is 16.9 Å². The first-order chi connectivity index (χ1) is 7.15. The van der Waals surface area contributed by atoms with Crippen molar-refractivity contribution in [2.75, 3.05) is 18.6 Å². The van der Waals surface area contributed by atoms with Crippen molar-refractivity contribution in [3.63, 3.8) is 0 Å². The molecule has 4 heteroatoms. The van der Waals surface area contributed by atoms with E-state index in [1.54, 1.807) is 17.8 Å². The zero-order valence-electron chi connectivity index (χ0n) is 8.89. The minimum atomic E-state index is -0.354. The molecule has 0 amide bonds. The van der Waals surface area contributed by atoms with Gasteiger partial charge in [0.2, 0.25) is 0 Å². The van der Waals surface area contributed by atoms with Gasteiger partial charge in [-0.15, -0.1) is 0 Å². The Balaban J connectivity index is 2.57. The molecule has 1 nitrogen and oxygen atoms in total. The number of benzene rings is 1. The van der Waals surface area contributed by atoms with Crippen molar-refractivity contribution in [2.24, 2.45) is 0 Å². The lowest BCUT2D eigenvalue weighted by Gasteiger charge is -2.14. The van der Waals surface area contributed by atoms with Crippen molar-refractivity contribution in [2.45, 2.75) is 13.0 Å². The van der Waals surface area contributed by atoms with Crippen LogP contribution in [0.4, 0.5) is 4.39 Å². The topological polar surface area (TPSA) is 12.0 Å². The molecular weight excluding hydrogens is 233 g/mol. The molecule has 1 unspecified atom stereocenters. The van der Waals surface area contributed by atoms with E-state index in [9.17, 15) is 4.39 Å². The second kappa shape index (κ2) is 6.36. The highest BCUT2D eigenvalue weighted by molar-refractivity contribution is 7.98. The Hall–Kier alpha value is -0.250. The van der Waals surface area contributed by atoms with E-state index in [0.717, 1.165) is 17.9 Å². The maximum absolute atomic E-state index is 13.2. The summed E-state index contributed by atoms with van der Waals surface area (Å²) in [5, 5.41) is 3.49. The molecule has 0 fully saturated rings. The molecule has 0 bridgehead atoms. The van der Waals surface area contributed by atoms with Gasteiger partial charge in [0.1, 0.15) is 5.82 Å². The van der Waals surface area contributed by atoms with Gasteiger partial charge in [-0.3, -0.25) is 0 Å². The Morgan fingerprint density at radius 3 is 2.87 bits per heavy atom. The fraction of sp³-hybridized carbons (Fsp3) is 0.455. The van der Waals surface area contributed by atoms with E-state index < -0.39 is 0 Å². The lowest BCUT2D eigenvalue weighted by atomic mass is 10.1. The molecule has 15 heavy (non-hydrogen) atoms. The van der Waals surface area contributed by atoms with Crippen LogP contribution in [0.15, 0.2) is 18.2 Å². The first kappa shape index (κ1) is 12.8. The predicted molar refractivity (Wildman–Crippen MR) is 66.2 cm³/mol. The third-order valence-electron chi connectivity index (χ3n) is 2.20. The summed E-state index contributed by atoms with van der Waals surface area (Å²) in [5.41, 5.74) is 0.929. The zero-order valence-corrected chi connectivity index (χ0v) is 10.5. The molecule has 0 saturated heterocycles. The third kappa shape index (κ3) is 4.01. The van der Waals surface area contributed by atoms with Crippen LogP contribution in [0.5, 0.6) is 0 Å². The van der Waals surface area contributed by atoms with Crippen LogP contribution in [0.3, 0.4) is 0 Å². The summed E-state index contributed by atoms with van der Waals surface area (Å²) in [7, 11) is 0. The summed E-state index contributed by atoms with van der Waals surface area (Å²) >= 11 is 7.40. The number of thioether (sulfide) groups is 1. The fourth-order valence-corrected chi connectivity index (χ4v) is 1.72. The summed E-state index contributed by atoms with van der Waals surface area (Å²) in [6.45, 7) is 2.94. The maximum Gasteiger partial charge on any atom is 0.142 e. The Kier molecular flexibility index (Phi) is 5.43. The largest absolute Gasteiger partial charge is 0.309 e. The van der Waals surface area contributed by atoms with Crippen molar-refractivity contribution in [3.8, 4) is 0 Å². The standard InChI is InChI=1S/C11H15ClFNS/c1-8(14-5-6-15-2)9-3-4-10(12)11(13)7-9/h3-4,7-8,14H,5-6H2,1-2H3. The van der Waals surface area contributed by atoms with Gasteiger partial charge >= 0.3 is 0 Å². The van der Waals surface area contributed by atoms with Crippen molar-refractivity contribution in [1.82, 2.24) is 5.32 Å². The van der Waals surface area contributed by atoms with Gasteiger partial charge in [0.25, 0.3) is 0 Å². The number of hydrogen-bond acceptors (Lipinski definition) is 2. The van der Waals surface area contributed by atoms with Gasteiger partial charge in [-0.25, -0.2) is 4.39 Å². The molecule has 1 aromatic carbocycles. The molecule has 0 aliphatic heterocycles. The van der Waals surface area contributed by atoms with Gasteiger partial charge in [0.15, 0.2) is 0 Å². The summed E-state index contributed by atoms with van der Waals surface area (Å²) < 4.78 is 13.2. The summed E-state index contributed by atoms with van der Waals surface area (Å²) in [4.78, 5) is 0. The van der Waals surface area contributed by atoms with Crippen LogP contribution in [0.25, 0.3) is 0 Å². The van der Waals surface area contributed by atoms with Gasteiger partial charge in [-0.1, -0.05) is 17.7 Å². The normalized spacial score (nSPS) is 12.8. The van der Waals surface area contributed by atoms with Crippen molar-refractivity contribution in [3.05, 3.63) is 34.6 Å². The van der Waals surface area contributed by atoms with Gasteiger partial charge in [-0.05, 0) is 30.9 Å². The maximum atomic E-state index is 13.2. The molecule has 84 valence electrons. The van der Waals surface area contributed by atoms with Gasteiger partial charge in [0, 0.05) is 18.3 Å². The van der Waals surface area contributed by atoms with Crippen LogP contribution in [-0.2, 0) is 0 Å². The second-order valence-electron chi connectivity index (χ2n) is 3.34. The van der Waals surface area contributed by atoms with E-state index >= 15 is 0 Å². The Bertz CT molecular complexity index is 319. The molecule has 1 N–H and O–H groups in total. The monoisotopic (exact) mass is 247 g/mol. The minimum absolute atomic E-state index is 0.156. The molecular formula is C11H15ClFNS. The van der Waals surface area contributed by atoms with Gasteiger partial charge in [-0.2, -0.15) is 11.8 Å². The Morgan fingerprint density at radius 1 is 1.53 bits per heavy atom. The van der Waals surface area contributed by atoms with Crippen LogP contribution in [-0.4, -0.2) is 18.6 Å². The lowest BCUT2D eigenvalue weighted by molar-refractivity contribution is 0.585. The molecule has 1 rings (SSSR count). The highest BCUT2D eigenvalue weighted by atomic mass is 35.5. The molecule has 0 radical (unpaired) electrons. The number of halogens is 2. The fourth-order valence-electron chi connectivity index (χ4n) is 1.28. The molecule has 1 aromatic rings. The smallest absolute Gasteiger partial charge is 0.142 e. The van der Waals surface area contributed by atoms with E-state index in [1.165, 1.54) is 6.07 Å². The Morgan fingerprint density at radius 2 is 2.27 bits per heavy atom.